The molecule has 0 unspecified atom stereocenters. The monoisotopic (exact) mass is 397 g/mol. The Labute approximate surface area is 157 Å². The first-order valence-electron chi connectivity index (χ1n) is 8.27. The van der Waals surface area contributed by atoms with Crippen LogP contribution in [0.15, 0.2) is 24.3 Å². The first-order chi connectivity index (χ1) is 12.4. The molecule has 1 aromatic carbocycles. The van der Waals surface area contributed by atoms with Crippen LogP contribution in [0.3, 0.4) is 0 Å². The number of benzene rings is 1. The third-order valence-corrected chi connectivity index (χ3v) is 4.91. The van der Waals surface area contributed by atoms with Crippen molar-refractivity contribution in [2.45, 2.75) is 25.3 Å². The molecule has 0 saturated heterocycles. The lowest BCUT2D eigenvalue weighted by atomic mass is 10.0. The lowest BCUT2D eigenvalue weighted by Crippen LogP contribution is -2.49. The summed E-state index contributed by atoms with van der Waals surface area (Å²) in [5.74, 6) is -2.13. The Hall–Kier alpha value is -2.62. The molecule has 0 aromatic heterocycles. The second-order valence-electron chi connectivity index (χ2n) is 6.92. The highest BCUT2D eigenvalue weighted by atomic mass is 32.2. The molecule has 9 nitrogen and oxygen atoms in total. The van der Waals surface area contributed by atoms with E-state index in [-0.39, 0.29) is 12.3 Å². The summed E-state index contributed by atoms with van der Waals surface area (Å²) in [6, 6.07) is 4.98. The fraction of sp³-hybridized carbons (Fsp3) is 0.471. The van der Waals surface area contributed by atoms with Gasteiger partial charge in [0.1, 0.15) is 11.5 Å². The van der Waals surface area contributed by atoms with Crippen molar-refractivity contribution in [2.75, 3.05) is 25.1 Å². The minimum atomic E-state index is -3.40. The number of hydrogen-bond donors (Lipinski definition) is 3. The number of carboxylic acid groups (broad SMARTS) is 1. The van der Waals surface area contributed by atoms with Crippen molar-refractivity contribution in [3.63, 3.8) is 0 Å². The Morgan fingerprint density at radius 3 is 2.15 bits per heavy atom. The minimum Gasteiger partial charge on any atom is -0.480 e. The first kappa shape index (κ1) is 20.7. The maximum Gasteiger partial charge on any atom is 0.326 e. The minimum absolute atomic E-state index is 0.00641. The van der Waals surface area contributed by atoms with Crippen LogP contribution in [0.4, 0.5) is 5.69 Å². The molecule has 1 fully saturated rings. The third kappa shape index (κ3) is 5.19. The van der Waals surface area contributed by atoms with Crippen LogP contribution in [-0.4, -0.2) is 62.6 Å². The van der Waals surface area contributed by atoms with Crippen LogP contribution in [0.5, 0.6) is 0 Å². The number of carbonyl (C=O) groups excluding carboxylic acids is 2. The van der Waals surface area contributed by atoms with Gasteiger partial charge in [0.25, 0.3) is 0 Å². The van der Waals surface area contributed by atoms with Gasteiger partial charge in [-0.2, -0.15) is 0 Å². The van der Waals surface area contributed by atoms with Crippen LogP contribution < -0.4 is 10.0 Å². The fourth-order valence-corrected chi connectivity index (χ4v) is 3.31. The van der Waals surface area contributed by atoms with Crippen LogP contribution in [0.1, 0.15) is 18.4 Å². The fourth-order valence-electron chi connectivity index (χ4n) is 2.75. The van der Waals surface area contributed by atoms with Crippen LogP contribution in [0.25, 0.3) is 0 Å². The lowest BCUT2D eigenvalue weighted by molar-refractivity contribution is -0.147. The Morgan fingerprint density at radius 2 is 1.74 bits per heavy atom. The van der Waals surface area contributed by atoms with Gasteiger partial charge in [0.05, 0.1) is 6.26 Å². The number of nitrogens with zero attached hydrogens (tertiary/aromatic N) is 1. The van der Waals surface area contributed by atoms with Gasteiger partial charge in [0.2, 0.25) is 21.8 Å². The van der Waals surface area contributed by atoms with Crippen LogP contribution in [0.2, 0.25) is 0 Å². The highest BCUT2D eigenvalue weighted by Gasteiger charge is 2.57. The molecule has 1 aliphatic carbocycles. The molecule has 27 heavy (non-hydrogen) atoms. The van der Waals surface area contributed by atoms with Crippen molar-refractivity contribution in [2.24, 2.45) is 5.41 Å². The molecular weight excluding hydrogens is 374 g/mol. The molecule has 2 rings (SSSR count). The van der Waals surface area contributed by atoms with Crippen molar-refractivity contribution in [3.8, 4) is 0 Å². The second kappa shape index (κ2) is 7.55. The van der Waals surface area contributed by atoms with Gasteiger partial charge in [0.15, 0.2) is 0 Å². The van der Waals surface area contributed by atoms with Crippen molar-refractivity contribution in [3.05, 3.63) is 29.8 Å². The number of rotatable bonds is 8. The number of hydrogen-bond acceptors (Lipinski definition) is 5. The number of carbonyl (C=O) groups is 3. The summed E-state index contributed by atoms with van der Waals surface area (Å²) < 4.78 is 24.7. The van der Waals surface area contributed by atoms with Gasteiger partial charge in [-0.15, -0.1) is 0 Å². The predicted octanol–water partition coefficient (Wildman–Crippen LogP) is 0.0384. The van der Waals surface area contributed by atoms with Crippen molar-refractivity contribution < 1.29 is 27.9 Å². The molecule has 1 aromatic rings. The zero-order valence-electron chi connectivity index (χ0n) is 15.4. The van der Waals surface area contributed by atoms with Crippen LogP contribution in [-0.2, 0) is 30.8 Å². The lowest BCUT2D eigenvalue weighted by Gasteiger charge is -2.22. The van der Waals surface area contributed by atoms with Gasteiger partial charge in [-0.1, -0.05) is 12.1 Å². The van der Waals surface area contributed by atoms with Crippen LogP contribution in [0, 0.1) is 5.41 Å². The zero-order valence-corrected chi connectivity index (χ0v) is 16.2. The summed E-state index contributed by atoms with van der Waals surface area (Å²) in [7, 11) is -0.300. The number of nitrogens with one attached hydrogen (secondary N) is 2. The van der Waals surface area contributed by atoms with Crippen molar-refractivity contribution >= 4 is 33.5 Å². The smallest absolute Gasteiger partial charge is 0.326 e. The topological polar surface area (TPSA) is 133 Å². The number of amides is 2. The van der Waals surface area contributed by atoms with Crippen molar-refractivity contribution in [1.82, 2.24) is 10.2 Å². The molecule has 0 bridgehead atoms. The van der Waals surface area contributed by atoms with E-state index >= 15 is 0 Å². The molecule has 0 radical (unpaired) electrons. The molecule has 3 N–H and O–H groups in total. The predicted molar refractivity (Wildman–Crippen MR) is 98.5 cm³/mol. The first-order valence-corrected chi connectivity index (χ1v) is 10.2. The summed E-state index contributed by atoms with van der Waals surface area (Å²) in [6.07, 6.45) is 1.83. The maximum atomic E-state index is 12.5. The van der Waals surface area contributed by atoms with Gasteiger partial charge in [0, 0.05) is 26.2 Å². The molecule has 10 heteroatoms. The summed E-state index contributed by atoms with van der Waals surface area (Å²) in [5, 5.41) is 11.9. The summed E-state index contributed by atoms with van der Waals surface area (Å²) >= 11 is 0. The number of anilines is 1. The molecule has 0 heterocycles. The number of aliphatic carboxylic acids is 1. The Morgan fingerprint density at radius 1 is 1.19 bits per heavy atom. The largest absolute Gasteiger partial charge is 0.480 e. The van der Waals surface area contributed by atoms with Crippen LogP contribution >= 0.6 is 0 Å². The van der Waals surface area contributed by atoms with Gasteiger partial charge in [-0.3, -0.25) is 14.3 Å². The second-order valence-corrected chi connectivity index (χ2v) is 8.67. The standard InChI is InChI=1S/C17H23N3O6S/c1-20(2)16(24)17(8-9-17)15(23)18-13(14(21)22)10-11-4-6-12(7-5-11)19-27(3,25)26/h4-7,13,19H,8-10H2,1-3H3,(H,18,23)(H,21,22)/t13-/m0/s1. The van der Waals surface area contributed by atoms with E-state index in [9.17, 15) is 27.9 Å². The van der Waals surface area contributed by atoms with Gasteiger partial charge in [-0.05, 0) is 30.5 Å². The van der Waals surface area contributed by atoms with E-state index < -0.39 is 33.4 Å². The molecule has 0 aliphatic heterocycles. The molecule has 148 valence electrons. The Kier molecular flexibility index (Phi) is 5.79. The van der Waals surface area contributed by atoms with E-state index in [0.29, 0.717) is 24.1 Å². The quantitative estimate of drug-likeness (QED) is 0.531. The van der Waals surface area contributed by atoms with E-state index in [1.165, 1.54) is 17.0 Å². The number of carboxylic acids is 1. The Bertz CT molecular complexity index is 844. The summed E-state index contributed by atoms with van der Waals surface area (Å²) in [5.41, 5.74) is -0.211. The molecule has 1 saturated carbocycles. The number of sulfonamides is 1. The van der Waals surface area contributed by atoms with Gasteiger partial charge < -0.3 is 15.3 Å². The average molecular weight is 397 g/mol. The van der Waals surface area contributed by atoms with E-state index in [1.54, 1.807) is 26.2 Å². The van der Waals surface area contributed by atoms with Gasteiger partial charge >= 0.3 is 5.97 Å². The van der Waals surface area contributed by atoms with E-state index in [0.717, 1.165) is 6.26 Å². The molecule has 1 aliphatic rings. The molecule has 0 spiro atoms. The highest BCUT2D eigenvalue weighted by molar-refractivity contribution is 7.92. The SMILES string of the molecule is CN(C)C(=O)C1(C(=O)N[C@@H](Cc2ccc(NS(C)(=O)=O)cc2)C(=O)O)CC1. The van der Waals surface area contributed by atoms with E-state index in [2.05, 4.69) is 10.0 Å². The average Bonchev–Trinajstić information content (AvgIpc) is 3.35. The maximum absolute atomic E-state index is 12.5. The molecular formula is C17H23N3O6S. The van der Waals surface area contributed by atoms with Crippen molar-refractivity contribution in [1.29, 1.82) is 0 Å². The van der Waals surface area contributed by atoms with Gasteiger partial charge in [-0.25, -0.2) is 13.2 Å². The zero-order chi connectivity index (χ0) is 20.4. The highest BCUT2D eigenvalue weighted by Crippen LogP contribution is 2.47. The normalized spacial score (nSPS) is 16.1. The Balaban J connectivity index is 2.07. The van der Waals surface area contributed by atoms with E-state index in [1.807, 2.05) is 0 Å². The molecule has 1 atom stereocenters. The third-order valence-electron chi connectivity index (χ3n) is 4.30. The van der Waals surface area contributed by atoms with E-state index in [4.69, 9.17) is 0 Å². The summed E-state index contributed by atoms with van der Waals surface area (Å²) in [6.45, 7) is 0. The summed E-state index contributed by atoms with van der Waals surface area (Å²) in [4.78, 5) is 37.6. The molecule has 2 amide bonds.